The molecule has 9 nitrogen and oxygen atoms in total. The van der Waals surface area contributed by atoms with E-state index >= 15 is 0 Å². The van der Waals surface area contributed by atoms with Gasteiger partial charge in [0.25, 0.3) is 0 Å². The third-order valence-electron chi connectivity index (χ3n) is 4.21. The van der Waals surface area contributed by atoms with Gasteiger partial charge >= 0.3 is 0 Å². The van der Waals surface area contributed by atoms with Gasteiger partial charge in [-0.3, -0.25) is 4.79 Å². The van der Waals surface area contributed by atoms with Gasteiger partial charge < -0.3 is 14.6 Å². The fraction of sp³-hybridized carbons (Fsp3) is 0.471. The Labute approximate surface area is 157 Å². The van der Waals surface area contributed by atoms with Gasteiger partial charge in [-0.25, -0.2) is 8.42 Å². The second-order valence-corrected chi connectivity index (χ2v) is 8.27. The Morgan fingerprint density at radius 3 is 2.74 bits per heavy atom. The van der Waals surface area contributed by atoms with Crippen LogP contribution in [0.4, 0.5) is 0 Å². The molecule has 0 bridgehead atoms. The second kappa shape index (κ2) is 8.59. The van der Waals surface area contributed by atoms with Crippen molar-refractivity contribution in [2.75, 3.05) is 38.6 Å². The highest BCUT2D eigenvalue weighted by molar-refractivity contribution is 7.89. The Balaban J connectivity index is 1.49. The van der Waals surface area contributed by atoms with Crippen molar-refractivity contribution in [3.05, 3.63) is 35.7 Å². The molecule has 1 aromatic heterocycles. The predicted octanol–water partition coefficient (Wildman–Crippen LogP) is 0.366. The number of carbonyl (C=O) groups excluding carboxylic acids is 1. The van der Waals surface area contributed by atoms with Gasteiger partial charge in [0.1, 0.15) is 6.42 Å². The normalized spacial score (nSPS) is 15.6. The molecule has 0 unspecified atom stereocenters. The molecule has 1 amide bonds. The minimum atomic E-state index is -3.40. The Morgan fingerprint density at radius 1 is 1.26 bits per heavy atom. The van der Waals surface area contributed by atoms with Crippen LogP contribution in [0.25, 0.3) is 11.4 Å². The van der Waals surface area contributed by atoms with Crippen LogP contribution < -0.4 is 5.32 Å². The first-order valence-corrected chi connectivity index (χ1v) is 10.3. The third-order valence-corrected chi connectivity index (χ3v) is 6.08. The van der Waals surface area contributed by atoms with Gasteiger partial charge in [-0.15, -0.1) is 0 Å². The summed E-state index contributed by atoms with van der Waals surface area (Å²) in [5.41, 5.74) is 1.84. The first kappa shape index (κ1) is 19.5. The number of benzene rings is 1. The molecule has 3 rings (SSSR count). The van der Waals surface area contributed by atoms with Crippen LogP contribution in [0.5, 0.6) is 0 Å². The number of ether oxygens (including phenoxy) is 1. The lowest BCUT2D eigenvalue weighted by atomic mass is 10.1. The molecule has 10 heteroatoms. The zero-order chi connectivity index (χ0) is 19.3. The summed E-state index contributed by atoms with van der Waals surface area (Å²) in [5, 5.41) is 6.48. The molecule has 1 saturated heterocycles. The van der Waals surface area contributed by atoms with Crippen LogP contribution in [0.2, 0.25) is 0 Å². The maximum atomic E-state index is 12.2. The monoisotopic (exact) mass is 394 g/mol. The molecule has 0 aliphatic carbocycles. The topological polar surface area (TPSA) is 115 Å². The lowest BCUT2D eigenvalue weighted by Gasteiger charge is -2.25. The van der Waals surface area contributed by atoms with Gasteiger partial charge in [0, 0.05) is 25.2 Å². The first-order chi connectivity index (χ1) is 13.0. The van der Waals surface area contributed by atoms with E-state index in [4.69, 9.17) is 9.26 Å². The number of hydrogen-bond donors (Lipinski definition) is 1. The number of nitrogens with zero attached hydrogens (tertiary/aromatic N) is 3. The van der Waals surface area contributed by atoms with Crippen molar-refractivity contribution >= 4 is 15.9 Å². The van der Waals surface area contributed by atoms with Gasteiger partial charge in [-0.05, 0) is 12.5 Å². The number of morpholine rings is 1. The van der Waals surface area contributed by atoms with Crippen molar-refractivity contribution in [2.24, 2.45) is 0 Å². The molecule has 2 aromatic rings. The van der Waals surface area contributed by atoms with Gasteiger partial charge in [-0.2, -0.15) is 9.29 Å². The molecular weight excluding hydrogens is 372 g/mol. The van der Waals surface area contributed by atoms with Crippen molar-refractivity contribution in [1.29, 1.82) is 0 Å². The van der Waals surface area contributed by atoms with Crippen LogP contribution >= 0.6 is 0 Å². The molecule has 146 valence electrons. The lowest BCUT2D eigenvalue weighted by Crippen LogP contribution is -2.43. The van der Waals surface area contributed by atoms with Crippen molar-refractivity contribution in [3.8, 4) is 11.4 Å². The number of aromatic nitrogens is 2. The van der Waals surface area contributed by atoms with Crippen LogP contribution in [0, 0.1) is 6.92 Å². The second-order valence-electron chi connectivity index (χ2n) is 6.18. The van der Waals surface area contributed by atoms with E-state index in [0.717, 1.165) is 11.1 Å². The lowest BCUT2D eigenvalue weighted by molar-refractivity contribution is -0.120. The van der Waals surface area contributed by atoms with E-state index in [1.807, 2.05) is 31.2 Å². The van der Waals surface area contributed by atoms with E-state index in [9.17, 15) is 13.2 Å². The maximum absolute atomic E-state index is 12.2. The summed E-state index contributed by atoms with van der Waals surface area (Å²) in [4.78, 5) is 16.3. The minimum absolute atomic E-state index is 0.0251. The molecule has 1 aliphatic rings. The Morgan fingerprint density at radius 2 is 2.00 bits per heavy atom. The summed E-state index contributed by atoms with van der Waals surface area (Å²) in [6.45, 7) is 3.45. The number of amides is 1. The van der Waals surface area contributed by atoms with Crippen molar-refractivity contribution < 1.29 is 22.5 Å². The molecule has 2 heterocycles. The zero-order valence-electron chi connectivity index (χ0n) is 15.1. The molecule has 0 spiro atoms. The summed E-state index contributed by atoms with van der Waals surface area (Å²) in [6, 6.07) is 7.60. The Hall–Kier alpha value is -2.30. The maximum Gasteiger partial charge on any atom is 0.236 e. The van der Waals surface area contributed by atoms with E-state index in [2.05, 4.69) is 15.5 Å². The van der Waals surface area contributed by atoms with E-state index in [1.165, 1.54) is 4.31 Å². The molecule has 1 fully saturated rings. The number of carbonyl (C=O) groups is 1. The quantitative estimate of drug-likeness (QED) is 0.721. The van der Waals surface area contributed by atoms with Crippen molar-refractivity contribution in [3.63, 3.8) is 0 Å². The smallest absolute Gasteiger partial charge is 0.236 e. The SMILES string of the molecule is Cc1ccccc1-c1noc(CC(=O)NCCS(=O)(=O)N2CCOCC2)n1. The number of sulfonamides is 1. The fourth-order valence-electron chi connectivity index (χ4n) is 2.73. The highest BCUT2D eigenvalue weighted by Crippen LogP contribution is 2.19. The fourth-order valence-corrected chi connectivity index (χ4v) is 4.06. The van der Waals surface area contributed by atoms with Gasteiger partial charge in [-0.1, -0.05) is 29.4 Å². The van der Waals surface area contributed by atoms with Crippen LogP contribution in [0.1, 0.15) is 11.5 Å². The van der Waals surface area contributed by atoms with Gasteiger partial charge in [0.05, 0.1) is 19.0 Å². The van der Waals surface area contributed by atoms with E-state index < -0.39 is 10.0 Å². The number of aryl methyl sites for hydroxylation is 1. The first-order valence-electron chi connectivity index (χ1n) is 8.66. The molecule has 1 aliphatic heterocycles. The Kier molecular flexibility index (Phi) is 6.19. The Bertz CT molecular complexity index is 890. The van der Waals surface area contributed by atoms with Gasteiger partial charge in [0.2, 0.25) is 27.6 Å². The average Bonchev–Trinajstić information content (AvgIpc) is 3.11. The summed E-state index contributed by atoms with van der Waals surface area (Å²) in [7, 11) is -3.40. The van der Waals surface area contributed by atoms with E-state index in [-0.39, 0.29) is 30.5 Å². The van der Waals surface area contributed by atoms with Crippen LogP contribution in [0.15, 0.2) is 28.8 Å². The third kappa shape index (κ3) is 5.12. The molecule has 1 aromatic carbocycles. The summed E-state index contributed by atoms with van der Waals surface area (Å²) in [6.07, 6.45) is -0.101. The number of nitrogens with one attached hydrogen (secondary N) is 1. The summed E-state index contributed by atoms with van der Waals surface area (Å²) >= 11 is 0. The van der Waals surface area contributed by atoms with E-state index in [0.29, 0.717) is 32.1 Å². The highest BCUT2D eigenvalue weighted by atomic mass is 32.2. The minimum Gasteiger partial charge on any atom is -0.379 e. The zero-order valence-corrected chi connectivity index (χ0v) is 15.9. The number of rotatable bonds is 7. The molecule has 27 heavy (non-hydrogen) atoms. The molecule has 0 radical (unpaired) electrons. The average molecular weight is 394 g/mol. The molecule has 1 N–H and O–H groups in total. The summed E-state index contributed by atoms with van der Waals surface area (Å²) in [5.74, 6) is 0.0802. The van der Waals surface area contributed by atoms with Crippen molar-refractivity contribution in [2.45, 2.75) is 13.3 Å². The highest BCUT2D eigenvalue weighted by Gasteiger charge is 2.24. The predicted molar refractivity (Wildman–Crippen MR) is 97.4 cm³/mol. The summed E-state index contributed by atoms with van der Waals surface area (Å²) < 4.78 is 36.0. The molecule has 0 saturated carbocycles. The van der Waals surface area contributed by atoms with Crippen molar-refractivity contribution in [1.82, 2.24) is 19.8 Å². The van der Waals surface area contributed by atoms with Crippen LogP contribution in [-0.2, 0) is 26.0 Å². The molecular formula is C17H22N4O5S. The van der Waals surface area contributed by atoms with Crippen LogP contribution in [-0.4, -0.2) is 67.4 Å². The molecule has 0 atom stereocenters. The van der Waals surface area contributed by atoms with E-state index in [1.54, 1.807) is 0 Å². The van der Waals surface area contributed by atoms with Gasteiger partial charge in [0.15, 0.2) is 0 Å². The van der Waals surface area contributed by atoms with Crippen LogP contribution in [0.3, 0.4) is 0 Å². The largest absolute Gasteiger partial charge is 0.379 e. The standard InChI is InChI=1S/C17H22N4O5S/c1-13-4-2-3-5-14(13)17-19-16(26-20-17)12-15(22)18-6-11-27(23,24)21-7-9-25-10-8-21/h2-5H,6-12H2,1H3,(H,18,22). The number of hydrogen-bond acceptors (Lipinski definition) is 7.